The summed E-state index contributed by atoms with van der Waals surface area (Å²) in [5.41, 5.74) is 0. The number of rotatable bonds is 8. The predicted octanol–water partition coefficient (Wildman–Crippen LogP) is -1.95. The highest BCUT2D eigenvalue weighted by Crippen LogP contribution is 2.00. The van der Waals surface area contributed by atoms with Crippen LogP contribution in [0.1, 0.15) is 0 Å². The minimum atomic E-state index is -1.52. The minimum Gasteiger partial charge on any atom is -0.480 e. The van der Waals surface area contributed by atoms with E-state index >= 15 is 0 Å². The molecule has 20 heavy (non-hydrogen) atoms. The number of hydrogen-bond acceptors (Lipinski definition) is 5. The molecule has 2 amide bonds. The molecule has 4 N–H and O–H groups in total. The van der Waals surface area contributed by atoms with Gasteiger partial charge in [0.05, 0.1) is 0 Å². The molecule has 11 heteroatoms. The van der Waals surface area contributed by atoms with Gasteiger partial charge >= 0.3 is 29.9 Å². The molecule has 0 radical (unpaired) electrons. The molecule has 0 saturated heterocycles. The first kappa shape index (κ1) is 17.2. The number of aliphatic carboxylic acids is 4. The summed E-state index contributed by atoms with van der Waals surface area (Å²) in [5, 5.41) is 34.2. The van der Waals surface area contributed by atoms with Crippen LogP contribution in [0.5, 0.6) is 0 Å². The van der Waals surface area contributed by atoms with E-state index in [1.807, 2.05) is 0 Å². The van der Waals surface area contributed by atoms with Crippen LogP contribution in [0.15, 0.2) is 0 Å². The standard InChI is InChI=1S/C9H12N2O9/c12-5(13)1-10(2-6(14)15)9(20)11(3-7(16)17)4-8(18)19/h1-4H2,(H,12,13)(H,14,15)(H,16,17)(H,18,19). The average molecular weight is 292 g/mol. The first-order chi connectivity index (χ1) is 9.13. The molecule has 0 aliphatic rings. The fourth-order valence-corrected chi connectivity index (χ4v) is 1.24. The van der Waals surface area contributed by atoms with Gasteiger partial charge in [-0.05, 0) is 0 Å². The van der Waals surface area contributed by atoms with E-state index in [0.29, 0.717) is 9.80 Å². The van der Waals surface area contributed by atoms with Crippen LogP contribution in [0.4, 0.5) is 4.79 Å². The van der Waals surface area contributed by atoms with Crippen molar-refractivity contribution in [3.63, 3.8) is 0 Å². The Morgan fingerprint density at radius 3 is 0.900 bits per heavy atom. The van der Waals surface area contributed by atoms with E-state index in [-0.39, 0.29) is 0 Å². The lowest BCUT2D eigenvalue weighted by Gasteiger charge is -2.26. The Kier molecular flexibility index (Phi) is 6.48. The number of carbonyl (C=O) groups excluding carboxylic acids is 1. The summed E-state index contributed by atoms with van der Waals surface area (Å²) >= 11 is 0. The number of amides is 2. The zero-order chi connectivity index (χ0) is 15.9. The van der Waals surface area contributed by atoms with E-state index in [9.17, 15) is 24.0 Å². The summed E-state index contributed by atoms with van der Waals surface area (Å²) in [6.45, 7) is -4.00. The van der Waals surface area contributed by atoms with E-state index in [4.69, 9.17) is 20.4 Å². The van der Waals surface area contributed by atoms with Crippen LogP contribution in [0, 0.1) is 0 Å². The summed E-state index contributed by atoms with van der Waals surface area (Å²) in [7, 11) is 0. The smallest absolute Gasteiger partial charge is 0.323 e. The van der Waals surface area contributed by atoms with Gasteiger partial charge in [0.15, 0.2) is 0 Å². The van der Waals surface area contributed by atoms with Crippen LogP contribution >= 0.6 is 0 Å². The van der Waals surface area contributed by atoms with Gasteiger partial charge in [0.25, 0.3) is 0 Å². The molecule has 0 spiro atoms. The molecule has 0 bridgehead atoms. The first-order valence-corrected chi connectivity index (χ1v) is 5.04. The van der Waals surface area contributed by atoms with Crippen molar-refractivity contribution < 1.29 is 44.4 Å². The van der Waals surface area contributed by atoms with Crippen LogP contribution in [0.2, 0.25) is 0 Å². The predicted molar refractivity (Wildman–Crippen MR) is 59.1 cm³/mol. The lowest BCUT2D eigenvalue weighted by molar-refractivity contribution is -0.140. The number of urea groups is 1. The zero-order valence-electron chi connectivity index (χ0n) is 10.1. The van der Waals surface area contributed by atoms with Crippen LogP contribution < -0.4 is 0 Å². The summed E-state index contributed by atoms with van der Waals surface area (Å²) < 4.78 is 0. The Balaban J connectivity index is 5.09. The van der Waals surface area contributed by atoms with Gasteiger partial charge in [0.1, 0.15) is 26.2 Å². The Hall–Kier alpha value is -2.85. The van der Waals surface area contributed by atoms with Gasteiger partial charge in [-0.3, -0.25) is 19.2 Å². The normalized spacial score (nSPS) is 9.60. The fraction of sp³-hybridized carbons (Fsp3) is 0.444. The number of hydrogen-bond donors (Lipinski definition) is 4. The van der Waals surface area contributed by atoms with Crippen LogP contribution in [0.25, 0.3) is 0 Å². The first-order valence-electron chi connectivity index (χ1n) is 5.04. The number of carboxylic acid groups (broad SMARTS) is 4. The highest BCUT2D eigenvalue weighted by Gasteiger charge is 2.27. The highest BCUT2D eigenvalue weighted by molar-refractivity contribution is 5.88. The quantitative estimate of drug-likeness (QED) is 0.396. The molecule has 0 aromatic carbocycles. The molecule has 0 fully saturated rings. The number of carboxylic acids is 4. The summed E-state index contributed by atoms with van der Waals surface area (Å²) in [6, 6.07) is -1.31. The summed E-state index contributed by atoms with van der Waals surface area (Å²) in [4.78, 5) is 54.5. The van der Waals surface area contributed by atoms with Gasteiger partial charge in [0.2, 0.25) is 0 Å². The molecule has 0 aliphatic heterocycles. The number of carbonyl (C=O) groups is 5. The molecule has 11 nitrogen and oxygen atoms in total. The van der Waals surface area contributed by atoms with Crippen LogP contribution in [-0.2, 0) is 19.2 Å². The Morgan fingerprint density at radius 2 is 0.750 bits per heavy atom. The Morgan fingerprint density at radius 1 is 0.550 bits per heavy atom. The van der Waals surface area contributed by atoms with E-state index in [1.54, 1.807) is 0 Å². The van der Waals surface area contributed by atoms with Crippen molar-refractivity contribution in [1.29, 1.82) is 0 Å². The molecule has 0 aromatic rings. The van der Waals surface area contributed by atoms with E-state index < -0.39 is 56.1 Å². The average Bonchev–Trinajstić information content (AvgIpc) is 2.23. The zero-order valence-corrected chi connectivity index (χ0v) is 10.1. The second-order valence-electron chi connectivity index (χ2n) is 3.57. The molecule has 0 atom stereocenters. The van der Waals surface area contributed by atoms with Crippen LogP contribution in [-0.4, -0.2) is 86.3 Å². The topological polar surface area (TPSA) is 173 Å². The van der Waals surface area contributed by atoms with Crippen molar-refractivity contribution in [3.05, 3.63) is 0 Å². The van der Waals surface area contributed by atoms with Gasteiger partial charge in [0, 0.05) is 0 Å². The fourth-order valence-electron chi connectivity index (χ4n) is 1.24. The van der Waals surface area contributed by atoms with Crippen molar-refractivity contribution in [2.24, 2.45) is 0 Å². The SMILES string of the molecule is O=C(O)CN(CC(=O)O)C(=O)N(CC(=O)O)CC(=O)O. The van der Waals surface area contributed by atoms with E-state index in [0.717, 1.165) is 0 Å². The van der Waals surface area contributed by atoms with Crippen LogP contribution in [0.3, 0.4) is 0 Å². The maximum absolute atomic E-state index is 11.8. The number of nitrogens with zero attached hydrogens (tertiary/aromatic N) is 2. The third-order valence-corrected chi connectivity index (χ3v) is 1.85. The summed E-state index contributed by atoms with van der Waals surface area (Å²) in [6.07, 6.45) is 0. The van der Waals surface area contributed by atoms with Gasteiger partial charge in [-0.2, -0.15) is 0 Å². The van der Waals surface area contributed by atoms with Crippen molar-refractivity contribution >= 4 is 29.9 Å². The van der Waals surface area contributed by atoms with Crippen molar-refractivity contribution in [3.8, 4) is 0 Å². The molecule has 0 rings (SSSR count). The molecule has 0 saturated carbocycles. The van der Waals surface area contributed by atoms with E-state index in [2.05, 4.69) is 0 Å². The maximum atomic E-state index is 11.8. The maximum Gasteiger partial charge on any atom is 0.323 e. The Bertz CT molecular complexity index is 363. The monoisotopic (exact) mass is 292 g/mol. The Labute approximate surface area is 111 Å². The lowest BCUT2D eigenvalue weighted by atomic mass is 10.4. The van der Waals surface area contributed by atoms with Crippen molar-refractivity contribution in [1.82, 2.24) is 9.80 Å². The highest BCUT2D eigenvalue weighted by atomic mass is 16.4. The second kappa shape index (κ2) is 7.56. The molecule has 0 aliphatic carbocycles. The summed E-state index contributed by atoms with van der Waals surface area (Å²) in [5.74, 6) is -6.09. The third-order valence-electron chi connectivity index (χ3n) is 1.85. The van der Waals surface area contributed by atoms with Crippen molar-refractivity contribution in [2.75, 3.05) is 26.2 Å². The molecular formula is C9H12N2O9. The molecule has 0 aromatic heterocycles. The van der Waals surface area contributed by atoms with Gasteiger partial charge < -0.3 is 30.2 Å². The van der Waals surface area contributed by atoms with Crippen molar-refractivity contribution in [2.45, 2.75) is 0 Å². The molecule has 0 heterocycles. The molecule has 112 valence electrons. The van der Waals surface area contributed by atoms with E-state index in [1.165, 1.54) is 0 Å². The van der Waals surface area contributed by atoms with Gasteiger partial charge in [-0.1, -0.05) is 0 Å². The minimum absolute atomic E-state index is 0.316. The molecule has 0 unspecified atom stereocenters. The van der Waals surface area contributed by atoms with Gasteiger partial charge in [-0.25, -0.2) is 4.79 Å². The lowest BCUT2D eigenvalue weighted by Crippen LogP contribution is -2.50. The second-order valence-corrected chi connectivity index (χ2v) is 3.57. The largest absolute Gasteiger partial charge is 0.480 e. The third kappa shape index (κ3) is 6.78. The van der Waals surface area contributed by atoms with Gasteiger partial charge in [-0.15, -0.1) is 0 Å². The molecular weight excluding hydrogens is 280 g/mol.